The molecule has 1 aliphatic heterocycles. The van der Waals surface area contributed by atoms with Crippen LogP contribution in [0.2, 0.25) is 0 Å². The highest BCUT2D eigenvalue weighted by Gasteiger charge is 2.43. The number of hydrogen-bond acceptors (Lipinski definition) is 3. The van der Waals surface area contributed by atoms with E-state index in [0.29, 0.717) is 6.61 Å². The zero-order chi connectivity index (χ0) is 12.8. The maximum absolute atomic E-state index is 5.91. The molecule has 102 valence electrons. The van der Waals surface area contributed by atoms with Gasteiger partial charge in [0.1, 0.15) is 0 Å². The summed E-state index contributed by atoms with van der Waals surface area (Å²) in [6.45, 7) is 10.6. The lowest BCUT2D eigenvalue weighted by molar-refractivity contribution is -0.420. The Morgan fingerprint density at radius 1 is 1.00 bits per heavy atom. The van der Waals surface area contributed by atoms with E-state index in [9.17, 15) is 0 Å². The molecule has 1 saturated heterocycles. The second-order valence-corrected chi connectivity index (χ2v) is 5.00. The van der Waals surface area contributed by atoms with Crippen molar-refractivity contribution >= 4 is 0 Å². The van der Waals surface area contributed by atoms with Gasteiger partial charge >= 0.3 is 0 Å². The van der Waals surface area contributed by atoms with Crippen molar-refractivity contribution in [1.29, 1.82) is 0 Å². The SMILES string of the molecule is CCCCC1(CC)COC(CC)(OCC)OC1. The Morgan fingerprint density at radius 3 is 2.06 bits per heavy atom. The maximum atomic E-state index is 5.91. The molecule has 3 heteroatoms. The molecule has 0 amide bonds. The van der Waals surface area contributed by atoms with Gasteiger partial charge in [0.2, 0.25) is 0 Å². The van der Waals surface area contributed by atoms with Gasteiger partial charge in [-0.2, -0.15) is 0 Å². The van der Waals surface area contributed by atoms with Crippen molar-refractivity contribution in [3.8, 4) is 0 Å². The summed E-state index contributed by atoms with van der Waals surface area (Å²) in [5.41, 5.74) is 0.200. The summed E-state index contributed by atoms with van der Waals surface area (Å²) in [7, 11) is 0. The maximum Gasteiger partial charge on any atom is 0.282 e. The molecule has 0 atom stereocenters. The van der Waals surface area contributed by atoms with E-state index in [1.54, 1.807) is 0 Å². The first-order valence-corrected chi connectivity index (χ1v) is 7.07. The minimum absolute atomic E-state index is 0.200. The van der Waals surface area contributed by atoms with Crippen molar-refractivity contribution in [2.75, 3.05) is 19.8 Å². The van der Waals surface area contributed by atoms with Crippen molar-refractivity contribution in [3.63, 3.8) is 0 Å². The van der Waals surface area contributed by atoms with Gasteiger partial charge < -0.3 is 14.2 Å². The summed E-state index contributed by atoms with van der Waals surface area (Å²) in [6, 6.07) is 0. The van der Waals surface area contributed by atoms with Crippen LogP contribution in [0.4, 0.5) is 0 Å². The van der Waals surface area contributed by atoms with Crippen LogP contribution in [0.25, 0.3) is 0 Å². The van der Waals surface area contributed by atoms with Crippen LogP contribution in [0, 0.1) is 5.41 Å². The summed E-state index contributed by atoms with van der Waals surface area (Å²) in [6.07, 6.45) is 5.51. The van der Waals surface area contributed by atoms with Gasteiger partial charge in [0.15, 0.2) is 0 Å². The Balaban J connectivity index is 2.56. The van der Waals surface area contributed by atoms with E-state index < -0.39 is 5.97 Å². The van der Waals surface area contributed by atoms with E-state index >= 15 is 0 Å². The minimum atomic E-state index is -0.778. The number of ether oxygens (including phenoxy) is 3. The van der Waals surface area contributed by atoms with Crippen LogP contribution in [-0.2, 0) is 14.2 Å². The fraction of sp³-hybridized carbons (Fsp3) is 1.00. The zero-order valence-electron chi connectivity index (χ0n) is 11.9. The monoisotopic (exact) mass is 244 g/mol. The smallest absolute Gasteiger partial charge is 0.282 e. The molecule has 1 rings (SSSR count). The fourth-order valence-electron chi connectivity index (χ4n) is 2.30. The molecule has 0 saturated carbocycles. The predicted molar refractivity (Wildman–Crippen MR) is 68.8 cm³/mol. The van der Waals surface area contributed by atoms with E-state index in [-0.39, 0.29) is 5.41 Å². The molecule has 0 aromatic rings. The van der Waals surface area contributed by atoms with Crippen LogP contribution in [0.3, 0.4) is 0 Å². The average Bonchev–Trinajstić information content (AvgIpc) is 2.39. The first kappa shape index (κ1) is 14.9. The molecule has 0 N–H and O–H groups in total. The van der Waals surface area contributed by atoms with Gasteiger partial charge in [-0.05, 0) is 19.8 Å². The molecule has 1 heterocycles. The van der Waals surface area contributed by atoms with E-state index in [1.165, 1.54) is 19.3 Å². The quantitative estimate of drug-likeness (QED) is 0.683. The van der Waals surface area contributed by atoms with Crippen molar-refractivity contribution in [1.82, 2.24) is 0 Å². The number of rotatable bonds is 7. The first-order valence-electron chi connectivity index (χ1n) is 7.07. The van der Waals surface area contributed by atoms with Crippen molar-refractivity contribution in [2.24, 2.45) is 5.41 Å². The molecule has 0 bridgehead atoms. The molecular weight excluding hydrogens is 216 g/mol. The lowest BCUT2D eigenvalue weighted by Gasteiger charge is -2.45. The third kappa shape index (κ3) is 3.67. The molecule has 3 nitrogen and oxygen atoms in total. The second-order valence-electron chi connectivity index (χ2n) is 5.00. The molecule has 1 fully saturated rings. The minimum Gasteiger partial charge on any atom is -0.328 e. The number of unbranched alkanes of at least 4 members (excludes halogenated alkanes) is 1. The second kappa shape index (κ2) is 6.72. The van der Waals surface area contributed by atoms with Crippen LogP contribution in [-0.4, -0.2) is 25.8 Å². The third-order valence-electron chi connectivity index (χ3n) is 3.80. The van der Waals surface area contributed by atoms with E-state index in [2.05, 4.69) is 13.8 Å². The molecule has 0 aliphatic carbocycles. The largest absolute Gasteiger partial charge is 0.328 e. The molecule has 0 aromatic heterocycles. The van der Waals surface area contributed by atoms with Crippen LogP contribution in [0.1, 0.15) is 59.8 Å². The van der Waals surface area contributed by atoms with Gasteiger partial charge in [0.05, 0.1) is 13.2 Å². The highest BCUT2D eigenvalue weighted by molar-refractivity contribution is 4.82. The van der Waals surface area contributed by atoms with Crippen LogP contribution >= 0.6 is 0 Å². The van der Waals surface area contributed by atoms with Gasteiger partial charge in [-0.15, -0.1) is 0 Å². The van der Waals surface area contributed by atoms with Crippen molar-refractivity contribution < 1.29 is 14.2 Å². The van der Waals surface area contributed by atoms with Gasteiger partial charge in [-0.25, -0.2) is 0 Å². The summed E-state index contributed by atoms with van der Waals surface area (Å²) in [5, 5.41) is 0. The summed E-state index contributed by atoms with van der Waals surface area (Å²) in [4.78, 5) is 0. The summed E-state index contributed by atoms with van der Waals surface area (Å²) >= 11 is 0. The lowest BCUT2D eigenvalue weighted by atomic mass is 9.81. The summed E-state index contributed by atoms with van der Waals surface area (Å²) in [5.74, 6) is -0.778. The molecule has 0 spiro atoms. The standard InChI is InChI=1S/C14H28O3/c1-5-9-10-13(6-2)11-16-14(7-3,15-8-4)17-12-13/h5-12H2,1-4H3. The summed E-state index contributed by atoms with van der Waals surface area (Å²) < 4.78 is 17.4. The Hall–Kier alpha value is -0.120. The number of hydrogen-bond donors (Lipinski definition) is 0. The van der Waals surface area contributed by atoms with E-state index in [4.69, 9.17) is 14.2 Å². The Bertz CT molecular complexity index is 208. The van der Waals surface area contributed by atoms with Gasteiger partial charge in [0, 0.05) is 18.4 Å². The topological polar surface area (TPSA) is 27.7 Å². The lowest BCUT2D eigenvalue weighted by Crippen LogP contribution is -2.50. The van der Waals surface area contributed by atoms with E-state index in [1.807, 2.05) is 13.8 Å². The Kier molecular flexibility index (Phi) is 5.90. The fourth-order valence-corrected chi connectivity index (χ4v) is 2.30. The molecule has 0 aromatic carbocycles. The zero-order valence-corrected chi connectivity index (χ0v) is 11.9. The predicted octanol–water partition coefficient (Wildman–Crippen LogP) is 3.72. The van der Waals surface area contributed by atoms with Gasteiger partial charge in [-0.3, -0.25) is 0 Å². The highest BCUT2D eigenvalue weighted by Crippen LogP contribution is 2.38. The van der Waals surface area contributed by atoms with Crippen LogP contribution in [0.15, 0.2) is 0 Å². The van der Waals surface area contributed by atoms with Crippen LogP contribution < -0.4 is 0 Å². The average molecular weight is 244 g/mol. The van der Waals surface area contributed by atoms with Crippen LogP contribution in [0.5, 0.6) is 0 Å². The molecule has 0 radical (unpaired) electrons. The Morgan fingerprint density at radius 2 is 1.65 bits per heavy atom. The highest BCUT2D eigenvalue weighted by atomic mass is 16.9. The van der Waals surface area contributed by atoms with E-state index in [0.717, 1.165) is 26.1 Å². The van der Waals surface area contributed by atoms with Crippen molar-refractivity contribution in [2.45, 2.75) is 65.8 Å². The molecule has 1 aliphatic rings. The van der Waals surface area contributed by atoms with Gasteiger partial charge in [-0.1, -0.05) is 33.6 Å². The van der Waals surface area contributed by atoms with Crippen molar-refractivity contribution in [3.05, 3.63) is 0 Å². The third-order valence-corrected chi connectivity index (χ3v) is 3.80. The van der Waals surface area contributed by atoms with Gasteiger partial charge in [0.25, 0.3) is 5.97 Å². The molecular formula is C14H28O3. The Labute approximate surface area is 106 Å². The molecule has 17 heavy (non-hydrogen) atoms. The molecule has 0 unspecified atom stereocenters. The first-order chi connectivity index (χ1) is 8.16. The normalized spacial score (nSPS) is 33.9.